The van der Waals surface area contributed by atoms with E-state index in [9.17, 15) is 27.6 Å². The molecule has 1 aliphatic rings. The summed E-state index contributed by atoms with van der Waals surface area (Å²) in [4.78, 5) is 34.2. The molecule has 0 aromatic heterocycles. The number of carboxylic acids is 1. The molecule has 1 fully saturated rings. The van der Waals surface area contributed by atoms with Crippen molar-refractivity contribution in [3.8, 4) is 0 Å². The molecule has 120 valence electrons. The van der Waals surface area contributed by atoms with Crippen LogP contribution >= 0.6 is 0 Å². The van der Waals surface area contributed by atoms with Crippen LogP contribution in [0.15, 0.2) is 0 Å². The lowest BCUT2D eigenvalue weighted by Crippen LogP contribution is -2.49. The van der Waals surface area contributed by atoms with Crippen LogP contribution in [0.25, 0.3) is 0 Å². The van der Waals surface area contributed by atoms with E-state index in [1.54, 1.807) is 0 Å². The zero-order chi connectivity index (χ0) is 16.3. The average molecular weight is 312 g/mol. The Hall–Kier alpha value is -2.00. The molecule has 0 aromatic carbocycles. The first-order valence-corrected chi connectivity index (χ1v) is 6.04. The van der Waals surface area contributed by atoms with E-state index in [1.165, 1.54) is 0 Å². The Labute approximate surface area is 118 Å². The van der Waals surface area contributed by atoms with Crippen molar-refractivity contribution in [3.63, 3.8) is 0 Å². The number of carboxylic acid groups (broad SMARTS) is 1. The molecule has 1 rings (SSSR count). The minimum absolute atomic E-state index is 0.206. The molecule has 1 saturated heterocycles. The standard InChI is InChI=1S/C11H15F3N2O5/c1-21-8(19)10(11(12,13)14)3-5-16(6-10)9(20)15-4-2-7(17)18/h2-6H2,1H3,(H,15,20)(H,17,18). The minimum Gasteiger partial charge on any atom is -0.481 e. The number of halogens is 3. The van der Waals surface area contributed by atoms with E-state index >= 15 is 0 Å². The van der Waals surface area contributed by atoms with Crippen LogP contribution in [0.1, 0.15) is 12.8 Å². The highest BCUT2D eigenvalue weighted by atomic mass is 19.4. The van der Waals surface area contributed by atoms with E-state index in [1.807, 2.05) is 0 Å². The van der Waals surface area contributed by atoms with Crippen LogP contribution in [-0.4, -0.2) is 60.9 Å². The zero-order valence-corrected chi connectivity index (χ0v) is 11.2. The molecular formula is C11H15F3N2O5. The molecule has 0 spiro atoms. The van der Waals surface area contributed by atoms with Gasteiger partial charge in [0.05, 0.1) is 13.5 Å². The van der Waals surface area contributed by atoms with Crippen molar-refractivity contribution >= 4 is 18.0 Å². The van der Waals surface area contributed by atoms with Gasteiger partial charge in [-0.2, -0.15) is 13.2 Å². The topological polar surface area (TPSA) is 95.9 Å². The monoisotopic (exact) mass is 312 g/mol. The lowest BCUT2D eigenvalue weighted by molar-refractivity contribution is -0.228. The van der Waals surface area contributed by atoms with Gasteiger partial charge in [0.2, 0.25) is 0 Å². The van der Waals surface area contributed by atoms with Crippen molar-refractivity contribution in [3.05, 3.63) is 0 Å². The van der Waals surface area contributed by atoms with Crippen LogP contribution in [0.4, 0.5) is 18.0 Å². The number of aliphatic carboxylic acids is 1. The molecule has 2 amide bonds. The number of amides is 2. The molecule has 1 heterocycles. The number of carbonyl (C=O) groups is 3. The van der Waals surface area contributed by atoms with Gasteiger partial charge in [-0.05, 0) is 6.42 Å². The van der Waals surface area contributed by atoms with Crippen LogP contribution in [0, 0.1) is 5.41 Å². The molecule has 0 radical (unpaired) electrons. The fraction of sp³-hybridized carbons (Fsp3) is 0.727. The third-order valence-corrected chi connectivity index (χ3v) is 3.29. The van der Waals surface area contributed by atoms with Gasteiger partial charge in [-0.25, -0.2) is 4.79 Å². The number of nitrogens with zero attached hydrogens (tertiary/aromatic N) is 1. The summed E-state index contributed by atoms with van der Waals surface area (Å²) >= 11 is 0. The summed E-state index contributed by atoms with van der Waals surface area (Å²) in [5, 5.41) is 10.6. The van der Waals surface area contributed by atoms with Crippen molar-refractivity contribution in [2.24, 2.45) is 5.41 Å². The number of ether oxygens (including phenoxy) is 1. The number of carbonyl (C=O) groups excluding carboxylic acids is 2. The summed E-state index contributed by atoms with van der Waals surface area (Å²) in [6.07, 6.45) is -5.77. The number of hydrogen-bond donors (Lipinski definition) is 2. The fourth-order valence-electron chi connectivity index (χ4n) is 2.08. The Bertz CT molecular complexity index is 440. The lowest BCUT2D eigenvalue weighted by atomic mass is 9.86. The van der Waals surface area contributed by atoms with Crippen molar-refractivity contribution in [1.82, 2.24) is 10.2 Å². The Morgan fingerprint density at radius 3 is 2.48 bits per heavy atom. The normalized spacial score (nSPS) is 22.0. The summed E-state index contributed by atoms with van der Waals surface area (Å²) in [6, 6.07) is -0.841. The molecule has 0 bridgehead atoms. The largest absolute Gasteiger partial charge is 0.481 e. The highest BCUT2D eigenvalue weighted by Gasteiger charge is 2.64. The van der Waals surface area contributed by atoms with Crippen molar-refractivity contribution < 1.29 is 37.4 Å². The summed E-state index contributed by atoms with van der Waals surface area (Å²) in [5.41, 5.74) is -2.73. The summed E-state index contributed by atoms with van der Waals surface area (Å²) in [7, 11) is 0.853. The van der Waals surface area contributed by atoms with Crippen LogP contribution in [0.2, 0.25) is 0 Å². The molecule has 0 aliphatic carbocycles. The first-order valence-electron chi connectivity index (χ1n) is 6.04. The summed E-state index contributed by atoms with van der Waals surface area (Å²) < 4.78 is 43.5. The number of rotatable bonds is 4. The fourth-order valence-corrected chi connectivity index (χ4v) is 2.08. The van der Waals surface area contributed by atoms with Crippen molar-refractivity contribution in [2.45, 2.75) is 19.0 Å². The maximum atomic E-state index is 13.1. The van der Waals surface area contributed by atoms with Gasteiger partial charge >= 0.3 is 24.1 Å². The van der Waals surface area contributed by atoms with Gasteiger partial charge in [0.15, 0.2) is 5.41 Å². The maximum absolute atomic E-state index is 13.1. The Balaban J connectivity index is 2.73. The number of alkyl halides is 3. The van der Waals surface area contributed by atoms with E-state index in [2.05, 4.69) is 10.1 Å². The number of esters is 1. The average Bonchev–Trinajstić information content (AvgIpc) is 2.83. The highest BCUT2D eigenvalue weighted by molar-refractivity contribution is 5.82. The van der Waals surface area contributed by atoms with Gasteiger partial charge in [0.1, 0.15) is 0 Å². The molecule has 7 nitrogen and oxygen atoms in total. The van der Waals surface area contributed by atoms with Gasteiger partial charge < -0.3 is 20.1 Å². The zero-order valence-electron chi connectivity index (χ0n) is 11.2. The number of likely N-dealkylation sites (tertiary alicyclic amines) is 1. The molecule has 0 saturated carbocycles. The smallest absolute Gasteiger partial charge is 0.406 e. The molecule has 1 atom stereocenters. The molecule has 21 heavy (non-hydrogen) atoms. The predicted molar refractivity (Wildman–Crippen MR) is 62.3 cm³/mol. The quantitative estimate of drug-likeness (QED) is 0.741. The Morgan fingerprint density at radius 2 is 2.00 bits per heavy atom. The third-order valence-electron chi connectivity index (χ3n) is 3.29. The minimum atomic E-state index is -4.84. The molecular weight excluding hydrogens is 297 g/mol. The summed E-state index contributed by atoms with van der Waals surface area (Å²) in [6.45, 7) is -1.32. The van der Waals surface area contributed by atoms with Crippen LogP contribution < -0.4 is 5.32 Å². The van der Waals surface area contributed by atoms with Crippen LogP contribution in [0.3, 0.4) is 0 Å². The lowest BCUT2D eigenvalue weighted by Gasteiger charge is -2.28. The second kappa shape index (κ2) is 6.19. The van der Waals surface area contributed by atoms with E-state index in [4.69, 9.17) is 5.11 Å². The SMILES string of the molecule is COC(=O)C1(C(F)(F)F)CCN(C(=O)NCCC(=O)O)C1. The Morgan fingerprint density at radius 1 is 1.38 bits per heavy atom. The number of urea groups is 1. The van der Waals surface area contributed by atoms with E-state index in [0.29, 0.717) is 0 Å². The summed E-state index contributed by atoms with van der Waals surface area (Å²) in [5.74, 6) is -2.58. The molecule has 10 heteroatoms. The number of methoxy groups -OCH3 is 1. The molecule has 0 aromatic rings. The Kier molecular flexibility index (Phi) is 5.02. The third kappa shape index (κ3) is 3.56. The first-order chi connectivity index (χ1) is 9.64. The predicted octanol–water partition coefficient (Wildman–Crippen LogP) is 0.598. The first kappa shape index (κ1) is 17.1. The van der Waals surface area contributed by atoms with Gasteiger partial charge in [-0.1, -0.05) is 0 Å². The van der Waals surface area contributed by atoms with Crippen molar-refractivity contribution in [1.29, 1.82) is 0 Å². The van der Waals surface area contributed by atoms with Gasteiger partial charge in [-0.15, -0.1) is 0 Å². The van der Waals surface area contributed by atoms with Crippen LogP contribution in [0.5, 0.6) is 0 Å². The van der Waals surface area contributed by atoms with Gasteiger partial charge in [0, 0.05) is 19.6 Å². The van der Waals surface area contributed by atoms with E-state index in [0.717, 1.165) is 12.0 Å². The van der Waals surface area contributed by atoms with Crippen molar-refractivity contribution in [2.75, 3.05) is 26.7 Å². The molecule has 1 aliphatic heterocycles. The second-order valence-electron chi connectivity index (χ2n) is 4.62. The van der Waals surface area contributed by atoms with Crippen LogP contribution in [-0.2, 0) is 14.3 Å². The highest BCUT2D eigenvalue weighted by Crippen LogP contribution is 2.46. The van der Waals surface area contributed by atoms with E-state index < -0.39 is 42.5 Å². The molecule has 2 N–H and O–H groups in total. The van der Waals surface area contributed by atoms with E-state index in [-0.39, 0.29) is 19.5 Å². The number of nitrogens with one attached hydrogen (secondary N) is 1. The molecule has 1 unspecified atom stereocenters. The number of hydrogen-bond acceptors (Lipinski definition) is 4. The second-order valence-corrected chi connectivity index (χ2v) is 4.62. The van der Waals surface area contributed by atoms with Gasteiger partial charge in [0.25, 0.3) is 0 Å². The maximum Gasteiger partial charge on any atom is 0.406 e. The van der Waals surface area contributed by atoms with Gasteiger partial charge in [-0.3, -0.25) is 9.59 Å².